The van der Waals surface area contributed by atoms with Gasteiger partial charge in [0.25, 0.3) is 5.82 Å². The van der Waals surface area contributed by atoms with Gasteiger partial charge < -0.3 is 0 Å². The summed E-state index contributed by atoms with van der Waals surface area (Å²) < 4.78 is 50.5. The van der Waals surface area contributed by atoms with Crippen LogP contribution in [0.1, 0.15) is 0 Å². The van der Waals surface area contributed by atoms with Crippen LogP contribution in [0.4, 0.5) is 28.9 Å². The van der Waals surface area contributed by atoms with Crippen LogP contribution in [0.3, 0.4) is 0 Å². The molecule has 5 nitrogen and oxygen atoms in total. The Bertz CT molecular complexity index is 496. The second-order valence-corrected chi connectivity index (χ2v) is 2.31. The molecule has 9 heteroatoms. The monoisotopic (exact) mass is 222 g/mol. The van der Waals surface area contributed by atoms with E-state index in [0.29, 0.717) is 0 Å². The van der Waals surface area contributed by atoms with E-state index in [-0.39, 0.29) is 0 Å². The summed E-state index contributed by atoms with van der Waals surface area (Å²) in [6.07, 6.45) is 0. The number of hydrogen-bond acceptors (Lipinski definition) is 3. The summed E-state index contributed by atoms with van der Waals surface area (Å²) in [5.41, 5.74) is -3.37. The number of nitro benzene ring substituents is 1. The molecule has 0 fully saturated rings. The van der Waals surface area contributed by atoms with E-state index in [9.17, 15) is 27.7 Å². The van der Waals surface area contributed by atoms with Crippen LogP contribution in [0.25, 0.3) is 4.98 Å². The molecule has 0 radical (unpaired) electrons. The highest BCUT2D eigenvalue weighted by atomic mass is 19.2. The molecular formula is C6F4N3O2+. The number of halogens is 4. The van der Waals surface area contributed by atoms with Crippen LogP contribution >= 0.6 is 0 Å². The second-order valence-electron chi connectivity index (χ2n) is 2.31. The summed E-state index contributed by atoms with van der Waals surface area (Å²) in [6, 6.07) is 0. The lowest BCUT2D eigenvalue weighted by Gasteiger charge is -1.95. The lowest BCUT2D eigenvalue weighted by Crippen LogP contribution is -2.02. The zero-order chi connectivity index (χ0) is 11.7. The van der Waals surface area contributed by atoms with Gasteiger partial charge in [0.2, 0.25) is 22.8 Å². The van der Waals surface area contributed by atoms with Crippen LogP contribution in [0.5, 0.6) is 0 Å². The number of benzene rings is 1. The molecule has 0 N–H and O–H groups in total. The van der Waals surface area contributed by atoms with Gasteiger partial charge >= 0.3 is 11.4 Å². The number of rotatable bonds is 1. The second kappa shape index (κ2) is 3.49. The van der Waals surface area contributed by atoms with E-state index in [4.69, 9.17) is 5.39 Å². The van der Waals surface area contributed by atoms with Gasteiger partial charge in [-0.25, -0.2) is 8.78 Å². The minimum absolute atomic E-state index is 1.53. The average Bonchev–Trinajstić information content (AvgIpc) is 2.19. The maximum absolute atomic E-state index is 12.7. The van der Waals surface area contributed by atoms with E-state index in [1.165, 1.54) is 0 Å². The SMILES string of the molecule is N#[N+]c1c(F)c(F)c(F)c(F)c1[N+](=O)[O-]. The summed E-state index contributed by atoms with van der Waals surface area (Å²) in [4.78, 5) is 10.6. The first kappa shape index (κ1) is 10.8. The van der Waals surface area contributed by atoms with E-state index in [1.807, 2.05) is 4.98 Å². The minimum atomic E-state index is -2.34. The number of nitrogens with zero attached hydrogens (tertiary/aromatic N) is 3. The normalized spacial score (nSPS) is 9.80. The standard InChI is InChI=1S/C6F4N3O2/c7-1-2(8)4(10)6(13(14)15)5(12-11)3(1)9/q+1. The van der Waals surface area contributed by atoms with Gasteiger partial charge in [0.05, 0.1) is 4.92 Å². The zero-order valence-corrected chi connectivity index (χ0v) is 6.67. The van der Waals surface area contributed by atoms with Crippen LogP contribution in [0.15, 0.2) is 0 Å². The molecule has 0 aromatic heterocycles. The Morgan fingerprint density at radius 2 is 1.53 bits per heavy atom. The molecule has 78 valence electrons. The van der Waals surface area contributed by atoms with E-state index >= 15 is 0 Å². The zero-order valence-electron chi connectivity index (χ0n) is 6.67. The first-order valence-corrected chi connectivity index (χ1v) is 3.27. The van der Waals surface area contributed by atoms with Crippen molar-refractivity contribution in [3.63, 3.8) is 0 Å². The molecule has 0 heterocycles. The van der Waals surface area contributed by atoms with Crippen molar-refractivity contribution < 1.29 is 22.5 Å². The maximum Gasteiger partial charge on any atom is 0.502 e. The smallest absolute Gasteiger partial charge is 0.258 e. The first-order valence-electron chi connectivity index (χ1n) is 3.27. The Morgan fingerprint density at radius 1 is 1.07 bits per heavy atom. The Labute approximate surface area is 78.7 Å². The van der Waals surface area contributed by atoms with Crippen molar-refractivity contribution in [2.24, 2.45) is 0 Å². The van der Waals surface area contributed by atoms with Crippen molar-refractivity contribution in [3.05, 3.63) is 38.4 Å². The summed E-state index contributed by atoms with van der Waals surface area (Å²) in [5.74, 6) is -8.99. The number of diazo groups is 1. The minimum Gasteiger partial charge on any atom is -0.258 e. The van der Waals surface area contributed by atoms with Crippen molar-refractivity contribution in [2.45, 2.75) is 0 Å². The van der Waals surface area contributed by atoms with Gasteiger partial charge in [-0.15, -0.1) is 0 Å². The molecular weight excluding hydrogens is 222 g/mol. The van der Waals surface area contributed by atoms with Crippen molar-refractivity contribution >= 4 is 11.4 Å². The Morgan fingerprint density at radius 3 is 1.93 bits per heavy atom. The summed E-state index contributed by atoms with van der Waals surface area (Å²) in [7, 11) is 0. The molecule has 0 spiro atoms. The lowest BCUT2D eigenvalue weighted by atomic mass is 10.2. The van der Waals surface area contributed by atoms with E-state index in [2.05, 4.69) is 0 Å². The van der Waals surface area contributed by atoms with E-state index < -0.39 is 39.6 Å². The number of hydrogen-bond donors (Lipinski definition) is 0. The highest BCUT2D eigenvalue weighted by Gasteiger charge is 2.41. The van der Waals surface area contributed by atoms with Gasteiger partial charge in [0.15, 0.2) is 4.98 Å². The Hall–Kier alpha value is -2.24. The molecule has 0 unspecified atom stereocenters. The molecule has 0 saturated heterocycles. The molecule has 0 amide bonds. The molecule has 0 aliphatic rings. The highest BCUT2D eigenvalue weighted by molar-refractivity contribution is 5.64. The molecule has 0 aliphatic heterocycles. The molecule has 0 saturated carbocycles. The van der Waals surface area contributed by atoms with Crippen LogP contribution < -0.4 is 0 Å². The predicted octanol–water partition coefficient (Wildman–Crippen LogP) is 2.64. The van der Waals surface area contributed by atoms with Gasteiger partial charge in [-0.1, -0.05) is 0 Å². The fourth-order valence-electron chi connectivity index (χ4n) is 0.866. The summed E-state index contributed by atoms with van der Waals surface area (Å²) in [6.45, 7) is 0. The van der Waals surface area contributed by atoms with Gasteiger partial charge in [-0.3, -0.25) is 10.1 Å². The van der Waals surface area contributed by atoms with Crippen molar-refractivity contribution in [3.8, 4) is 0 Å². The van der Waals surface area contributed by atoms with Crippen molar-refractivity contribution in [1.29, 1.82) is 5.39 Å². The third kappa shape index (κ3) is 1.45. The quantitative estimate of drug-likeness (QED) is 0.183. The Balaban J connectivity index is 3.80. The summed E-state index contributed by atoms with van der Waals surface area (Å²) in [5, 5.41) is 18.3. The van der Waals surface area contributed by atoms with E-state index in [1.54, 1.807) is 0 Å². The van der Waals surface area contributed by atoms with Crippen LogP contribution in [-0.2, 0) is 0 Å². The predicted molar refractivity (Wildman–Crippen MR) is 37.7 cm³/mol. The van der Waals surface area contributed by atoms with Gasteiger partial charge in [-0.2, -0.15) is 8.78 Å². The highest BCUT2D eigenvalue weighted by Crippen LogP contribution is 2.36. The van der Waals surface area contributed by atoms with Gasteiger partial charge in [0.1, 0.15) is 0 Å². The third-order valence-electron chi connectivity index (χ3n) is 1.50. The molecule has 1 aromatic rings. The van der Waals surface area contributed by atoms with E-state index in [0.717, 1.165) is 0 Å². The maximum atomic E-state index is 12.7. The largest absolute Gasteiger partial charge is 0.502 e. The van der Waals surface area contributed by atoms with Gasteiger partial charge in [0, 0.05) is 0 Å². The summed E-state index contributed by atoms with van der Waals surface area (Å²) >= 11 is 0. The fourth-order valence-corrected chi connectivity index (χ4v) is 0.866. The molecule has 1 aromatic carbocycles. The van der Waals surface area contributed by atoms with Gasteiger partial charge in [-0.05, 0) is 0 Å². The van der Waals surface area contributed by atoms with Crippen LogP contribution in [-0.4, -0.2) is 4.92 Å². The average molecular weight is 222 g/mol. The van der Waals surface area contributed by atoms with Crippen molar-refractivity contribution in [2.75, 3.05) is 0 Å². The Kier molecular flexibility index (Phi) is 2.52. The molecule has 0 atom stereocenters. The molecule has 0 aliphatic carbocycles. The third-order valence-corrected chi connectivity index (χ3v) is 1.50. The molecule has 0 bridgehead atoms. The van der Waals surface area contributed by atoms with Crippen LogP contribution in [0.2, 0.25) is 0 Å². The topological polar surface area (TPSA) is 71.3 Å². The lowest BCUT2D eigenvalue weighted by molar-refractivity contribution is -0.386. The molecule has 1 rings (SSSR count). The number of nitro groups is 1. The van der Waals surface area contributed by atoms with Crippen molar-refractivity contribution in [1.82, 2.24) is 0 Å². The first-order chi connectivity index (χ1) is 6.91. The van der Waals surface area contributed by atoms with Crippen LogP contribution in [0, 0.1) is 38.8 Å². The molecule has 15 heavy (non-hydrogen) atoms. The fraction of sp³-hybridized carbons (Fsp3) is 0.